The normalized spacial score (nSPS) is 22.4. The molecule has 2 heterocycles. The first-order chi connectivity index (χ1) is 14.1. The predicted molar refractivity (Wildman–Crippen MR) is 131 cm³/mol. The molecule has 0 atom stereocenters. The Bertz CT molecular complexity index is 719. The molecule has 0 aromatic heterocycles. The van der Waals surface area contributed by atoms with Gasteiger partial charge in [-0.1, -0.05) is 26.8 Å². The maximum atomic E-state index is 5.57. The molecular formula is C25H40ClN3O. The van der Waals surface area contributed by atoms with Crippen LogP contribution in [0.1, 0.15) is 52.0 Å². The Labute approximate surface area is 189 Å². The van der Waals surface area contributed by atoms with Crippen LogP contribution in [-0.2, 0) is 4.74 Å². The molecule has 3 aliphatic rings. The number of hydrogen-bond donors (Lipinski definition) is 0. The van der Waals surface area contributed by atoms with Gasteiger partial charge >= 0.3 is 0 Å². The minimum absolute atomic E-state index is 0. The minimum atomic E-state index is 0. The Balaban J connectivity index is 0.00000256. The van der Waals surface area contributed by atoms with E-state index in [4.69, 9.17) is 4.74 Å². The molecule has 4 rings (SSSR count). The third-order valence-corrected chi connectivity index (χ3v) is 6.93. The first-order valence-electron chi connectivity index (χ1n) is 11.7. The first kappa shape index (κ1) is 23.4. The smallest absolute Gasteiger partial charge is 0.0642 e. The van der Waals surface area contributed by atoms with Gasteiger partial charge in [0.15, 0.2) is 0 Å². The maximum Gasteiger partial charge on any atom is 0.0642 e. The number of halogens is 1. The molecule has 1 aromatic rings. The van der Waals surface area contributed by atoms with Crippen LogP contribution in [0.4, 0.5) is 11.4 Å². The molecule has 1 aliphatic carbocycles. The van der Waals surface area contributed by atoms with Crippen LogP contribution in [-0.4, -0.2) is 63.9 Å². The van der Waals surface area contributed by atoms with Gasteiger partial charge in [-0.25, -0.2) is 0 Å². The van der Waals surface area contributed by atoms with E-state index in [1.165, 1.54) is 62.3 Å². The van der Waals surface area contributed by atoms with Crippen LogP contribution in [0.15, 0.2) is 24.3 Å². The molecule has 2 aliphatic heterocycles. The van der Waals surface area contributed by atoms with Crippen molar-refractivity contribution in [3.63, 3.8) is 0 Å². The summed E-state index contributed by atoms with van der Waals surface area (Å²) in [5.74, 6) is 0. The highest BCUT2D eigenvalue weighted by Gasteiger charge is 2.26. The van der Waals surface area contributed by atoms with Gasteiger partial charge in [-0.15, -0.1) is 12.4 Å². The number of rotatable bonds is 5. The highest BCUT2D eigenvalue weighted by Crippen LogP contribution is 2.42. The van der Waals surface area contributed by atoms with Crippen molar-refractivity contribution in [1.82, 2.24) is 4.90 Å². The monoisotopic (exact) mass is 433 g/mol. The Hall–Kier alpha value is -1.23. The Kier molecular flexibility index (Phi) is 8.11. The van der Waals surface area contributed by atoms with Gasteiger partial charge in [-0.05, 0) is 61.4 Å². The molecule has 0 amide bonds. The molecule has 0 radical (unpaired) electrons. The third-order valence-electron chi connectivity index (χ3n) is 6.93. The molecule has 2 saturated heterocycles. The van der Waals surface area contributed by atoms with Crippen LogP contribution in [0.5, 0.6) is 0 Å². The molecule has 1 aromatic carbocycles. The molecule has 168 valence electrons. The predicted octanol–water partition coefficient (Wildman–Crippen LogP) is 5.07. The number of nitrogens with zero attached hydrogens (tertiary/aromatic N) is 3. The van der Waals surface area contributed by atoms with Crippen LogP contribution in [0, 0.1) is 5.41 Å². The zero-order chi connectivity index (χ0) is 20.3. The van der Waals surface area contributed by atoms with Gasteiger partial charge in [0.25, 0.3) is 0 Å². The van der Waals surface area contributed by atoms with Crippen molar-refractivity contribution >= 4 is 29.4 Å². The quantitative estimate of drug-likeness (QED) is 0.645. The topological polar surface area (TPSA) is 19.0 Å². The zero-order valence-electron chi connectivity index (χ0n) is 19.2. The molecular weight excluding hydrogens is 394 g/mol. The van der Waals surface area contributed by atoms with Crippen molar-refractivity contribution in [2.24, 2.45) is 5.41 Å². The van der Waals surface area contributed by atoms with Crippen LogP contribution in [0.3, 0.4) is 0 Å². The average Bonchev–Trinajstić information content (AvgIpc) is 2.75. The SMILES string of the molecule is CCCN1CCN(c2ccc(N3CCOCC3)cc2C2=CCC(C)(C)CC2)CC1.Cl. The summed E-state index contributed by atoms with van der Waals surface area (Å²) in [6, 6.07) is 7.22. The van der Waals surface area contributed by atoms with Crippen LogP contribution >= 0.6 is 12.4 Å². The lowest BCUT2D eigenvalue weighted by atomic mass is 9.76. The highest BCUT2D eigenvalue weighted by atomic mass is 35.5. The standard InChI is InChI=1S/C25H39N3O.ClH/c1-4-11-26-12-14-28(15-13-26)24-6-5-22(27-16-18-29-19-17-27)20-23(24)21-7-9-25(2,3)10-8-21;/h5-7,20H,4,8-19H2,1-3H3;1H. The summed E-state index contributed by atoms with van der Waals surface area (Å²) in [6.07, 6.45) is 7.45. The molecule has 30 heavy (non-hydrogen) atoms. The molecule has 0 bridgehead atoms. The maximum absolute atomic E-state index is 5.57. The second-order valence-electron chi connectivity index (χ2n) is 9.73. The van der Waals surface area contributed by atoms with Crippen molar-refractivity contribution in [3.8, 4) is 0 Å². The van der Waals surface area contributed by atoms with E-state index in [9.17, 15) is 0 Å². The van der Waals surface area contributed by atoms with E-state index in [0.717, 1.165) is 39.4 Å². The van der Waals surface area contributed by atoms with Crippen molar-refractivity contribution in [2.45, 2.75) is 46.5 Å². The number of ether oxygens (including phenoxy) is 1. The van der Waals surface area contributed by atoms with Crippen molar-refractivity contribution < 1.29 is 4.74 Å². The fraction of sp³-hybridized carbons (Fsp3) is 0.680. The van der Waals surface area contributed by atoms with Crippen LogP contribution < -0.4 is 9.80 Å². The Morgan fingerprint density at radius 1 is 0.967 bits per heavy atom. The fourth-order valence-corrected chi connectivity index (χ4v) is 4.93. The van der Waals surface area contributed by atoms with E-state index in [1.807, 2.05) is 0 Å². The molecule has 0 spiro atoms. The number of anilines is 2. The van der Waals surface area contributed by atoms with Crippen LogP contribution in [0.25, 0.3) is 5.57 Å². The fourth-order valence-electron chi connectivity index (χ4n) is 4.93. The summed E-state index contributed by atoms with van der Waals surface area (Å²) in [4.78, 5) is 7.73. The van der Waals surface area contributed by atoms with Gasteiger partial charge in [-0.3, -0.25) is 4.90 Å². The van der Waals surface area contributed by atoms with Crippen molar-refractivity contribution in [3.05, 3.63) is 29.8 Å². The first-order valence-corrected chi connectivity index (χ1v) is 11.7. The molecule has 2 fully saturated rings. The third kappa shape index (κ3) is 5.52. The summed E-state index contributed by atoms with van der Waals surface area (Å²) in [5.41, 5.74) is 6.29. The lowest BCUT2D eigenvalue weighted by molar-refractivity contribution is 0.122. The molecule has 0 unspecified atom stereocenters. The second kappa shape index (κ2) is 10.4. The van der Waals surface area contributed by atoms with E-state index in [0.29, 0.717) is 5.41 Å². The summed E-state index contributed by atoms with van der Waals surface area (Å²) >= 11 is 0. The van der Waals surface area contributed by atoms with E-state index < -0.39 is 0 Å². The zero-order valence-corrected chi connectivity index (χ0v) is 20.0. The molecule has 0 N–H and O–H groups in total. The number of allylic oxidation sites excluding steroid dienone is 2. The van der Waals surface area contributed by atoms with Crippen molar-refractivity contribution in [1.29, 1.82) is 0 Å². The van der Waals surface area contributed by atoms with Crippen LogP contribution in [0.2, 0.25) is 0 Å². The van der Waals surface area contributed by atoms with E-state index >= 15 is 0 Å². The number of benzene rings is 1. The van der Waals surface area contributed by atoms with E-state index in [-0.39, 0.29) is 12.4 Å². The number of morpholine rings is 1. The molecule has 4 nitrogen and oxygen atoms in total. The second-order valence-corrected chi connectivity index (χ2v) is 9.73. The lowest BCUT2D eigenvalue weighted by Gasteiger charge is -2.38. The Morgan fingerprint density at radius 3 is 2.33 bits per heavy atom. The van der Waals surface area contributed by atoms with Crippen molar-refractivity contribution in [2.75, 3.05) is 68.8 Å². The van der Waals surface area contributed by atoms with E-state index in [2.05, 4.69) is 59.7 Å². The van der Waals surface area contributed by atoms with Gasteiger partial charge in [0, 0.05) is 56.2 Å². The summed E-state index contributed by atoms with van der Waals surface area (Å²) < 4.78 is 5.57. The van der Waals surface area contributed by atoms with Gasteiger partial charge in [0.1, 0.15) is 0 Å². The van der Waals surface area contributed by atoms with Gasteiger partial charge in [-0.2, -0.15) is 0 Å². The van der Waals surface area contributed by atoms with E-state index in [1.54, 1.807) is 5.57 Å². The summed E-state index contributed by atoms with van der Waals surface area (Å²) in [7, 11) is 0. The molecule has 5 heteroatoms. The van der Waals surface area contributed by atoms with Gasteiger partial charge in [0.2, 0.25) is 0 Å². The molecule has 0 saturated carbocycles. The summed E-state index contributed by atoms with van der Waals surface area (Å²) in [6.45, 7) is 16.7. The largest absolute Gasteiger partial charge is 0.378 e. The number of hydrogen-bond acceptors (Lipinski definition) is 4. The highest BCUT2D eigenvalue weighted by molar-refractivity contribution is 5.85. The average molecular weight is 434 g/mol. The minimum Gasteiger partial charge on any atom is -0.378 e. The number of piperazine rings is 1. The Morgan fingerprint density at radius 2 is 1.70 bits per heavy atom. The van der Waals surface area contributed by atoms with Gasteiger partial charge in [0.05, 0.1) is 13.2 Å². The summed E-state index contributed by atoms with van der Waals surface area (Å²) in [5, 5.41) is 0. The lowest BCUT2D eigenvalue weighted by Crippen LogP contribution is -2.46. The van der Waals surface area contributed by atoms with Gasteiger partial charge < -0.3 is 14.5 Å².